The number of piperazine rings is 1. The van der Waals surface area contributed by atoms with Crippen molar-refractivity contribution in [3.63, 3.8) is 0 Å². The van der Waals surface area contributed by atoms with Crippen molar-refractivity contribution in [3.8, 4) is 5.88 Å². The van der Waals surface area contributed by atoms with Gasteiger partial charge in [0.1, 0.15) is 0 Å². The fourth-order valence-electron chi connectivity index (χ4n) is 2.64. The molecule has 0 unspecified atom stereocenters. The summed E-state index contributed by atoms with van der Waals surface area (Å²) < 4.78 is 0. The number of nitrogens with zero attached hydrogens (tertiary/aromatic N) is 4. The van der Waals surface area contributed by atoms with Crippen LogP contribution in [0.25, 0.3) is 11.0 Å². The quantitative estimate of drug-likeness (QED) is 0.827. The van der Waals surface area contributed by atoms with E-state index in [0.717, 1.165) is 11.1 Å². The lowest BCUT2D eigenvalue weighted by atomic mass is 10.1. The van der Waals surface area contributed by atoms with E-state index in [0.29, 0.717) is 25.3 Å². The van der Waals surface area contributed by atoms with Crippen LogP contribution in [0.3, 0.4) is 0 Å². The van der Waals surface area contributed by atoms with Gasteiger partial charge in [-0.2, -0.15) is 4.98 Å². The van der Waals surface area contributed by atoms with Crippen LogP contribution in [-0.2, 0) is 0 Å². The third-order valence-corrected chi connectivity index (χ3v) is 3.75. The van der Waals surface area contributed by atoms with Gasteiger partial charge in [0.2, 0.25) is 5.88 Å². The molecular weight excluding hydrogens is 272 g/mol. The minimum Gasteiger partial charge on any atom is -0.493 e. The highest BCUT2D eigenvalue weighted by Gasteiger charge is 2.27. The molecule has 0 aromatic carbocycles. The first-order valence-electron chi connectivity index (χ1n) is 6.75. The first-order valence-corrected chi connectivity index (χ1v) is 6.75. The van der Waals surface area contributed by atoms with Crippen molar-refractivity contribution in [3.05, 3.63) is 24.4 Å². The van der Waals surface area contributed by atoms with E-state index in [2.05, 4.69) is 14.9 Å². The third kappa shape index (κ3) is 2.54. The van der Waals surface area contributed by atoms with Gasteiger partial charge < -0.3 is 20.0 Å². The normalized spacial score (nSPS) is 19.0. The second kappa shape index (κ2) is 5.08. The summed E-state index contributed by atoms with van der Waals surface area (Å²) in [6, 6.07) is 5.19. The molecule has 1 aliphatic rings. The third-order valence-electron chi connectivity index (χ3n) is 3.75. The lowest BCUT2D eigenvalue weighted by Crippen LogP contribution is -2.53. The maximum Gasteiger partial charge on any atom is 0.407 e. The van der Waals surface area contributed by atoms with Crippen LogP contribution in [-0.4, -0.2) is 56.9 Å². The molecule has 0 bridgehead atoms. The molecule has 1 saturated heterocycles. The van der Waals surface area contributed by atoms with Crippen molar-refractivity contribution in [2.45, 2.75) is 13.0 Å². The molecule has 2 N–H and O–H groups in total. The zero-order chi connectivity index (χ0) is 15.0. The lowest BCUT2D eigenvalue weighted by molar-refractivity contribution is 0.122. The van der Waals surface area contributed by atoms with Gasteiger partial charge >= 0.3 is 6.09 Å². The van der Waals surface area contributed by atoms with Crippen LogP contribution in [0.15, 0.2) is 24.4 Å². The van der Waals surface area contributed by atoms with Crippen LogP contribution >= 0.6 is 0 Å². The van der Waals surface area contributed by atoms with Gasteiger partial charge in [0.25, 0.3) is 0 Å². The second-order valence-corrected chi connectivity index (χ2v) is 5.18. The minimum atomic E-state index is -0.876. The SMILES string of the molecule is C[C@H]1CN(c2cnc3nc(O)ccc3c2)CCN1C(=O)O. The lowest BCUT2D eigenvalue weighted by Gasteiger charge is -2.39. The van der Waals surface area contributed by atoms with E-state index in [1.54, 1.807) is 12.3 Å². The number of fused-ring (bicyclic) bond motifs is 1. The van der Waals surface area contributed by atoms with Gasteiger partial charge in [0.05, 0.1) is 11.9 Å². The Hall–Kier alpha value is -2.57. The van der Waals surface area contributed by atoms with Gasteiger partial charge in [0.15, 0.2) is 5.65 Å². The van der Waals surface area contributed by atoms with Gasteiger partial charge in [-0.25, -0.2) is 9.78 Å². The maximum atomic E-state index is 11.1. The number of rotatable bonds is 1. The van der Waals surface area contributed by atoms with Gasteiger partial charge in [-0.15, -0.1) is 0 Å². The Bertz CT molecular complexity index is 691. The largest absolute Gasteiger partial charge is 0.493 e. The van der Waals surface area contributed by atoms with Crippen molar-refractivity contribution in [1.29, 1.82) is 0 Å². The van der Waals surface area contributed by atoms with Crippen LogP contribution in [0, 0.1) is 0 Å². The van der Waals surface area contributed by atoms with Gasteiger partial charge in [-0.1, -0.05) is 0 Å². The highest BCUT2D eigenvalue weighted by molar-refractivity contribution is 5.79. The summed E-state index contributed by atoms with van der Waals surface area (Å²) in [6.07, 6.45) is 0.830. The van der Waals surface area contributed by atoms with Crippen LogP contribution in [0.4, 0.5) is 10.5 Å². The average molecular weight is 288 g/mol. The highest BCUT2D eigenvalue weighted by Crippen LogP contribution is 2.23. The molecule has 2 aromatic heterocycles. The zero-order valence-corrected chi connectivity index (χ0v) is 11.6. The van der Waals surface area contributed by atoms with E-state index in [1.807, 2.05) is 13.0 Å². The highest BCUT2D eigenvalue weighted by atomic mass is 16.4. The Morgan fingerprint density at radius 1 is 1.38 bits per heavy atom. The molecule has 1 aliphatic heterocycles. The molecule has 1 fully saturated rings. The number of aromatic nitrogens is 2. The van der Waals surface area contributed by atoms with Crippen LogP contribution in [0.1, 0.15) is 6.92 Å². The molecule has 7 nitrogen and oxygen atoms in total. The Morgan fingerprint density at radius 2 is 2.19 bits per heavy atom. The number of aromatic hydroxyl groups is 1. The van der Waals surface area contributed by atoms with Crippen LogP contribution in [0.5, 0.6) is 5.88 Å². The topological polar surface area (TPSA) is 89.8 Å². The molecule has 7 heteroatoms. The summed E-state index contributed by atoms with van der Waals surface area (Å²) in [4.78, 5) is 22.8. The number of amides is 1. The predicted octanol–water partition coefficient (Wildman–Crippen LogP) is 1.52. The number of hydrogen-bond acceptors (Lipinski definition) is 5. The summed E-state index contributed by atoms with van der Waals surface area (Å²) in [5.41, 5.74) is 1.43. The van der Waals surface area contributed by atoms with Crippen molar-refractivity contribution < 1.29 is 15.0 Å². The summed E-state index contributed by atoms with van der Waals surface area (Å²) in [7, 11) is 0. The van der Waals surface area contributed by atoms with E-state index in [1.165, 1.54) is 11.0 Å². The van der Waals surface area contributed by atoms with E-state index >= 15 is 0 Å². The van der Waals surface area contributed by atoms with Crippen molar-refractivity contribution >= 4 is 22.8 Å². The van der Waals surface area contributed by atoms with Crippen LogP contribution < -0.4 is 4.90 Å². The molecule has 3 heterocycles. The van der Waals surface area contributed by atoms with Gasteiger partial charge in [-0.05, 0) is 19.1 Å². The number of carbonyl (C=O) groups is 1. The Labute approximate surface area is 121 Å². The van der Waals surface area contributed by atoms with E-state index < -0.39 is 6.09 Å². The first-order chi connectivity index (χ1) is 10.0. The molecule has 1 atom stereocenters. The smallest absolute Gasteiger partial charge is 0.407 e. The molecule has 0 saturated carbocycles. The monoisotopic (exact) mass is 288 g/mol. The van der Waals surface area contributed by atoms with Crippen molar-refractivity contribution in [2.75, 3.05) is 24.5 Å². The molecule has 0 aliphatic carbocycles. The minimum absolute atomic E-state index is 0.0496. The maximum absolute atomic E-state index is 11.1. The molecule has 21 heavy (non-hydrogen) atoms. The molecule has 2 aromatic rings. The zero-order valence-electron chi connectivity index (χ0n) is 11.6. The fraction of sp³-hybridized carbons (Fsp3) is 0.357. The molecule has 0 spiro atoms. The summed E-state index contributed by atoms with van der Waals surface area (Å²) in [5.74, 6) is -0.0496. The fourth-order valence-corrected chi connectivity index (χ4v) is 2.64. The second-order valence-electron chi connectivity index (χ2n) is 5.18. The number of pyridine rings is 2. The molecule has 0 radical (unpaired) electrons. The van der Waals surface area contributed by atoms with E-state index in [9.17, 15) is 9.90 Å². The Morgan fingerprint density at radius 3 is 2.90 bits per heavy atom. The summed E-state index contributed by atoms with van der Waals surface area (Å²) in [5, 5.41) is 19.3. The number of carboxylic acid groups (broad SMARTS) is 1. The van der Waals surface area contributed by atoms with E-state index in [4.69, 9.17) is 5.11 Å². The van der Waals surface area contributed by atoms with Crippen molar-refractivity contribution in [1.82, 2.24) is 14.9 Å². The van der Waals surface area contributed by atoms with E-state index in [-0.39, 0.29) is 11.9 Å². The van der Waals surface area contributed by atoms with Gasteiger partial charge in [-0.3, -0.25) is 0 Å². The van der Waals surface area contributed by atoms with Crippen molar-refractivity contribution in [2.24, 2.45) is 0 Å². The molecule has 110 valence electrons. The molecule has 3 rings (SSSR count). The van der Waals surface area contributed by atoms with Crippen LogP contribution in [0.2, 0.25) is 0 Å². The standard InChI is InChI=1S/C14H16N4O3/c1-9-8-17(4-5-18(9)14(20)21)11-6-10-2-3-12(19)16-13(10)15-7-11/h2-3,6-7,9H,4-5,8H2,1H3,(H,20,21)(H,15,16,19)/t9-/m0/s1. The summed E-state index contributed by atoms with van der Waals surface area (Å²) in [6.45, 7) is 3.64. The first kappa shape index (κ1) is 13.4. The molecular formula is C14H16N4O3. The Balaban J connectivity index is 1.84. The Kier molecular flexibility index (Phi) is 3.25. The average Bonchev–Trinajstić information content (AvgIpc) is 2.46. The number of hydrogen-bond donors (Lipinski definition) is 2. The van der Waals surface area contributed by atoms with Gasteiger partial charge in [0, 0.05) is 37.1 Å². The molecule has 1 amide bonds. The predicted molar refractivity (Wildman–Crippen MR) is 77.6 cm³/mol. The number of anilines is 1. The summed E-state index contributed by atoms with van der Waals surface area (Å²) >= 11 is 0.